The highest BCUT2D eigenvalue weighted by Crippen LogP contribution is 2.44. The van der Waals surface area contributed by atoms with Gasteiger partial charge in [0.15, 0.2) is 0 Å². The van der Waals surface area contributed by atoms with Gasteiger partial charge in [-0.05, 0) is 42.9 Å². The van der Waals surface area contributed by atoms with Crippen molar-refractivity contribution in [2.24, 2.45) is 11.3 Å². The van der Waals surface area contributed by atoms with E-state index in [0.717, 1.165) is 32.5 Å². The third kappa shape index (κ3) is 1.17. The van der Waals surface area contributed by atoms with Crippen molar-refractivity contribution >= 4 is 16.8 Å². The third-order valence-electron chi connectivity index (χ3n) is 3.55. The first-order valence-corrected chi connectivity index (χ1v) is 4.91. The Balaban J connectivity index is 2.20. The molecule has 3 saturated heterocycles. The third-order valence-corrected chi connectivity index (χ3v) is 3.82. The van der Waals surface area contributed by atoms with E-state index >= 15 is 0 Å². The van der Waals surface area contributed by atoms with E-state index in [0.29, 0.717) is 0 Å². The minimum Gasteiger partial charge on any atom is -0.303 e. The second kappa shape index (κ2) is 2.71. The molecule has 12 heavy (non-hydrogen) atoms. The fourth-order valence-corrected chi connectivity index (χ4v) is 2.75. The fraction of sp³-hybridized carbons (Fsp3) is 0.889. The Hall–Kier alpha value is -0.0800. The number of fused-ring (bicyclic) bond motifs is 3. The van der Waals surface area contributed by atoms with Crippen LogP contribution in [0.1, 0.15) is 19.8 Å². The Morgan fingerprint density at radius 2 is 2.08 bits per heavy atom. The molecule has 0 aromatic rings. The van der Waals surface area contributed by atoms with Crippen molar-refractivity contribution in [2.75, 3.05) is 19.6 Å². The van der Waals surface area contributed by atoms with Gasteiger partial charge in [-0.2, -0.15) is 0 Å². The molecule has 0 amide bonds. The van der Waals surface area contributed by atoms with Gasteiger partial charge in [0.1, 0.15) is 0 Å². The van der Waals surface area contributed by atoms with Crippen LogP contribution in [0, 0.1) is 11.3 Å². The molecule has 0 saturated carbocycles. The van der Waals surface area contributed by atoms with Crippen LogP contribution in [0.25, 0.3) is 0 Å². The predicted molar refractivity (Wildman–Crippen MR) is 48.1 cm³/mol. The summed E-state index contributed by atoms with van der Waals surface area (Å²) in [6.07, 6.45) is 2.27. The van der Waals surface area contributed by atoms with Crippen LogP contribution in [0.3, 0.4) is 0 Å². The Labute approximate surface area is 77.9 Å². The van der Waals surface area contributed by atoms with Crippen LogP contribution in [0.5, 0.6) is 0 Å². The summed E-state index contributed by atoms with van der Waals surface area (Å²) in [5, 5.41) is -0.137. The molecule has 3 fully saturated rings. The lowest BCUT2D eigenvalue weighted by Crippen LogP contribution is -2.54. The van der Waals surface area contributed by atoms with E-state index in [4.69, 9.17) is 11.6 Å². The number of piperidine rings is 3. The zero-order valence-corrected chi connectivity index (χ0v) is 8.10. The molecule has 0 aliphatic carbocycles. The summed E-state index contributed by atoms with van der Waals surface area (Å²) in [4.78, 5) is 13.5. The first-order valence-electron chi connectivity index (χ1n) is 4.53. The number of carbonyl (C=O) groups excluding carboxylic acids is 1. The van der Waals surface area contributed by atoms with Gasteiger partial charge in [0.05, 0.1) is 5.92 Å². The first-order chi connectivity index (χ1) is 5.62. The summed E-state index contributed by atoms with van der Waals surface area (Å²) in [5.41, 5.74) is 0.202. The smallest absolute Gasteiger partial charge is 0.226 e. The molecule has 2 nitrogen and oxygen atoms in total. The molecule has 3 rings (SSSR count). The van der Waals surface area contributed by atoms with Crippen molar-refractivity contribution in [3.05, 3.63) is 0 Å². The van der Waals surface area contributed by atoms with Gasteiger partial charge in [-0.25, -0.2) is 0 Å². The van der Waals surface area contributed by atoms with Gasteiger partial charge in [-0.15, -0.1) is 0 Å². The molecule has 3 heterocycles. The van der Waals surface area contributed by atoms with Crippen molar-refractivity contribution in [3.8, 4) is 0 Å². The highest BCUT2D eigenvalue weighted by molar-refractivity contribution is 6.64. The summed E-state index contributed by atoms with van der Waals surface area (Å²) in [7, 11) is 0. The molecule has 0 radical (unpaired) electrons. The molecule has 3 heteroatoms. The number of nitrogens with zero attached hydrogens (tertiary/aromatic N) is 1. The van der Waals surface area contributed by atoms with Crippen molar-refractivity contribution in [1.82, 2.24) is 4.90 Å². The van der Waals surface area contributed by atoms with Crippen molar-refractivity contribution in [1.29, 1.82) is 0 Å². The minimum atomic E-state index is -0.137. The largest absolute Gasteiger partial charge is 0.303 e. The summed E-state index contributed by atoms with van der Waals surface area (Å²) in [6.45, 7) is 5.39. The van der Waals surface area contributed by atoms with Gasteiger partial charge in [-0.3, -0.25) is 4.79 Å². The lowest BCUT2D eigenvalue weighted by molar-refractivity contribution is -0.126. The average Bonchev–Trinajstić information content (AvgIpc) is 2.04. The van der Waals surface area contributed by atoms with E-state index in [-0.39, 0.29) is 16.6 Å². The quantitative estimate of drug-likeness (QED) is 0.580. The maximum absolute atomic E-state index is 11.1. The SMILES string of the molecule is CC12CCN(CC1)CC2C(=O)Cl. The highest BCUT2D eigenvalue weighted by Gasteiger charge is 2.46. The Morgan fingerprint density at radius 1 is 1.50 bits per heavy atom. The fourth-order valence-electron chi connectivity index (χ4n) is 2.42. The standard InChI is InChI=1S/C9H14ClNO/c1-9-2-4-11(5-3-9)6-7(9)8(10)12/h7H,2-6H2,1H3. The maximum atomic E-state index is 11.1. The molecule has 0 aromatic carbocycles. The lowest BCUT2D eigenvalue weighted by Gasteiger charge is -2.50. The molecule has 68 valence electrons. The Bertz CT molecular complexity index is 209. The normalized spacial score (nSPS) is 46.2. The molecule has 0 aromatic heterocycles. The van der Waals surface area contributed by atoms with Gasteiger partial charge >= 0.3 is 0 Å². The molecule has 3 aliphatic heterocycles. The molecule has 1 atom stereocenters. The Kier molecular flexibility index (Phi) is 1.92. The van der Waals surface area contributed by atoms with Crippen LogP contribution in [-0.2, 0) is 4.79 Å². The molecule has 3 aliphatic rings. The first kappa shape index (κ1) is 8.52. The second-order valence-electron chi connectivity index (χ2n) is 4.31. The van der Waals surface area contributed by atoms with Gasteiger partial charge in [0, 0.05) is 6.54 Å². The van der Waals surface area contributed by atoms with Crippen molar-refractivity contribution < 1.29 is 4.79 Å². The van der Waals surface area contributed by atoms with Crippen LogP contribution >= 0.6 is 11.6 Å². The number of carbonyl (C=O) groups is 1. The maximum Gasteiger partial charge on any atom is 0.226 e. The molecule has 0 spiro atoms. The number of rotatable bonds is 1. The van der Waals surface area contributed by atoms with Gasteiger partial charge in [0.2, 0.25) is 5.24 Å². The number of hydrogen-bond acceptors (Lipinski definition) is 2. The summed E-state index contributed by atoms with van der Waals surface area (Å²) < 4.78 is 0. The topological polar surface area (TPSA) is 20.3 Å². The summed E-state index contributed by atoms with van der Waals surface area (Å²) in [5.74, 6) is 0.0849. The molecule has 1 unspecified atom stereocenters. The van der Waals surface area contributed by atoms with Gasteiger partial charge in [-0.1, -0.05) is 6.92 Å². The van der Waals surface area contributed by atoms with Gasteiger partial charge < -0.3 is 4.90 Å². The van der Waals surface area contributed by atoms with Crippen LogP contribution < -0.4 is 0 Å². The molecule has 0 N–H and O–H groups in total. The van der Waals surface area contributed by atoms with E-state index < -0.39 is 0 Å². The van der Waals surface area contributed by atoms with Crippen LogP contribution in [-0.4, -0.2) is 29.8 Å². The highest BCUT2D eigenvalue weighted by atomic mass is 35.5. The zero-order chi connectivity index (χ0) is 8.77. The van der Waals surface area contributed by atoms with Gasteiger partial charge in [0.25, 0.3) is 0 Å². The minimum absolute atomic E-state index is 0.0849. The van der Waals surface area contributed by atoms with Crippen LogP contribution in [0.2, 0.25) is 0 Å². The predicted octanol–water partition coefficient (Wildman–Crippen LogP) is 1.48. The van der Waals surface area contributed by atoms with Crippen molar-refractivity contribution in [3.63, 3.8) is 0 Å². The lowest BCUT2D eigenvalue weighted by atomic mass is 9.67. The summed E-state index contributed by atoms with van der Waals surface area (Å²) in [6, 6.07) is 0. The molecular weight excluding hydrogens is 174 g/mol. The van der Waals surface area contributed by atoms with E-state index in [1.54, 1.807) is 0 Å². The molecule has 2 bridgehead atoms. The van der Waals surface area contributed by atoms with E-state index in [1.165, 1.54) is 0 Å². The Morgan fingerprint density at radius 3 is 2.42 bits per heavy atom. The second-order valence-corrected chi connectivity index (χ2v) is 4.68. The van der Waals surface area contributed by atoms with Crippen LogP contribution in [0.15, 0.2) is 0 Å². The van der Waals surface area contributed by atoms with Crippen LogP contribution in [0.4, 0.5) is 0 Å². The van der Waals surface area contributed by atoms with E-state index in [1.807, 2.05) is 0 Å². The number of hydrogen-bond donors (Lipinski definition) is 0. The van der Waals surface area contributed by atoms with E-state index in [9.17, 15) is 4.79 Å². The monoisotopic (exact) mass is 187 g/mol. The van der Waals surface area contributed by atoms with E-state index in [2.05, 4.69) is 11.8 Å². The van der Waals surface area contributed by atoms with Crippen molar-refractivity contribution in [2.45, 2.75) is 19.8 Å². The summed E-state index contributed by atoms with van der Waals surface area (Å²) >= 11 is 5.57. The average molecular weight is 188 g/mol. The zero-order valence-electron chi connectivity index (χ0n) is 7.35. The molecular formula is C9H14ClNO. The number of halogens is 1.